The van der Waals surface area contributed by atoms with Crippen LogP contribution in [0.25, 0.3) is 0 Å². The van der Waals surface area contributed by atoms with Gasteiger partial charge < -0.3 is 4.90 Å². The van der Waals surface area contributed by atoms with Crippen molar-refractivity contribution in [2.45, 2.75) is 28.9 Å². The summed E-state index contributed by atoms with van der Waals surface area (Å²) in [6, 6.07) is 8.93. The number of piperidine rings is 1. The second-order valence-corrected chi connectivity index (χ2v) is 6.38. The van der Waals surface area contributed by atoms with Crippen LogP contribution >= 0.6 is 11.8 Å². The largest absolute Gasteiger partial charge is 0.306 e. The van der Waals surface area contributed by atoms with E-state index in [0.717, 1.165) is 0 Å². The van der Waals surface area contributed by atoms with E-state index in [9.17, 15) is 0 Å². The molecular formula is C13H17NS. The maximum atomic E-state index is 2.45. The molecule has 1 nitrogen and oxygen atoms in total. The van der Waals surface area contributed by atoms with Crippen molar-refractivity contribution >= 4 is 11.8 Å². The van der Waals surface area contributed by atoms with Crippen molar-refractivity contribution in [3.05, 3.63) is 29.8 Å². The molecular weight excluding hydrogens is 202 g/mol. The summed E-state index contributed by atoms with van der Waals surface area (Å²) in [5.74, 6) is 0. The molecule has 2 heteroatoms. The Labute approximate surface area is 95.9 Å². The van der Waals surface area contributed by atoms with Crippen molar-refractivity contribution < 1.29 is 0 Å². The Morgan fingerprint density at radius 1 is 1.20 bits per heavy atom. The lowest BCUT2D eigenvalue weighted by Crippen LogP contribution is -2.40. The quantitative estimate of drug-likeness (QED) is 0.660. The molecule has 1 aromatic rings. The standard InChI is InChI=1S/C13H17NS/c1-14-8-6-13(7-9-14)10-11-4-2-3-5-12(11)15-13/h2-5H,6-10H2,1H3. The van der Waals surface area contributed by atoms with Crippen LogP contribution in [0.2, 0.25) is 0 Å². The monoisotopic (exact) mass is 219 g/mol. The normalized spacial score (nSPS) is 24.3. The van der Waals surface area contributed by atoms with Crippen LogP contribution in [0.5, 0.6) is 0 Å². The van der Waals surface area contributed by atoms with Crippen molar-refractivity contribution in [1.82, 2.24) is 4.90 Å². The van der Waals surface area contributed by atoms with Crippen LogP contribution in [0.4, 0.5) is 0 Å². The molecule has 15 heavy (non-hydrogen) atoms. The summed E-state index contributed by atoms with van der Waals surface area (Å²) >= 11 is 2.13. The van der Waals surface area contributed by atoms with E-state index in [4.69, 9.17) is 0 Å². The van der Waals surface area contributed by atoms with Crippen LogP contribution in [0.1, 0.15) is 18.4 Å². The second-order valence-electron chi connectivity index (χ2n) is 4.87. The van der Waals surface area contributed by atoms with Crippen molar-refractivity contribution in [2.24, 2.45) is 0 Å². The fourth-order valence-electron chi connectivity index (χ4n) is 2.67. The van der Waals surface area contributed by atoms with E-state index in [0.29, 0.717) is 4.75 Å². The topological polar surface area (TPSA) is 3.24 Å². The maximum Gasteiger partial charge on any atom is 0.0272 e. The first-order valence-electron chi connectivity index (χ1n) is 5.73. The molecule has 0 saturated carbocycles. The zero-order chi connectivity index (χ0) is 10.3. The highest BCUT2D eigenvalue weighted by molar-refractivity contribution is 8.01. The van der Waals surface area contributed by atoms with E-state index < -0.39 is 0 Å². The summed E-state index contributed by atoms with van der Waals surface area (Å²) in [5, 5.41) is 0. The Balaban J connectivity index is 1.83. The maximum absolute atomic E-state index is 2.45. The highest BCUT2D eigenvalue weighted by Crippen LogP contribution is 2.50. The van der Waals surface area contributed by atoms with E-state index in [2.05, 4.69) is 48.0 Å². The highest BCUT2D eigenvalue weighted by Gasteiger charge is 2.39. The van der Waals surface area contributed by atoms with Gasteiger partial charge in [-0.05, 0) is 51.0 Å². The Morgan fingerprint density at radius 2 is 1.93 bits per heavy atom. The SMILES string of the molecule is CN1CCC2(CC1)Cc1ccccc1S2. The van der Waals surface area contributed by atoms with Gasteiger partial charge in [-0.2, -0.15) is 0 Å². The van der Waals surface area contributed by atoms with Crippen molar-refractivity contribution in [1.29, 1.82) is 0 Å². The predicted octanol–water partition coefficient (Wildman–Crippen LogP) is 2.80. The zero-order valence-electron chi connectivity index (χ0n) is 9.20. The molecule has 0 bridgehead atoms. The zero-order valence-corrected chi connectivity index (χ0v) is 10.0. The number of rotatable bonds is 0. The van der Waals surface area contributed by atoms with Crippen LogP contribution in [0.3, 0.4) is 0 Å². The fourth-order valence-corrected chi connectivity index (χ4v) is 4.17. The molecule has 2 aliphatic heterocycles. The minimum Gasteiger partial charge on any atom is -0.306 e. The minimum atomic E-state index is 0.538. The summed E-state index contributed by atoms with van der Waals surface area (Å²) < 4.78 is 0.538. The molecule has 0 atom stereocenters. The number of benzene rings is 1. The lowest BCUT2D eigenvalue weighted by atomic mass is 9.90. The van der Waals surface area contributed by atoms with Gasteiger partial charge in [-0.3, -0.25) is 0 Å². The Bertz CT molecular complexity index is 340. The molecule has 0 unspecified atom stereocenters. The van der Waals surface area contributed by atoms with Gasteiger partial charge in [-0.1, -0.05) is 18.2 Å². The third-order valence-electron chi connectivity index (χ3n) is 3.71. The van der Waals surface area contributed by atoms with Gasteiger partial charge in [0.25, 0.3) is 0 Å². The van der Waals surface area contributed by atoms with Crippen LogP contribution < -0.4 is 0 Å². The molecule has 0 aromatic heterocycles. The summed E-state index contributed by atoms with van der Waals surface area (Å²) in [4.78, 5) is 3.98. The first-order valence-corrected chi connectivity index (χ1v) is 6.55. The Morgan fingerprint density at radius 3 is 2.67 bits per heavy atom. The van der Waals surface area contributed by atoms with Crippen molar-refractivity contribution in [3.63, 3.8) is 0 Å². The fraction of sp³-hybridized carbons (Fsp3) is 0.538. The number of likely N-dealkylation sites (tertiary alicyclic amines) is 1. The molecule has 1 spiro atoms. The summed E-state index contributed by atoms with van der Waals surface area (Å²) in [6.45, 7) is 2.53. The number of hydrogen-bond acceptors (Lipinski definition) is 2. The Kier molecular flexibility index (Phi) is 2.29. The van der Waals surface area contributed by atoms with Gasteiger partial charge in [0.05, 0.1) is 0 Å². The summed E-state index contributed by atoms with van der Waals surface area (Å²) in [6.07, 6.45) is 3.99. The molecule has 0 aliphatic carbocycles. The third kappa shape index (κ3) is 1.70. The van der Waals surface area contributed by atoms with Gasteiger partial charge in [-0.25, -0.2) is 0 Å². The van der Waals surface area contributed by atoms with Gasteiger partial charge in [0.1, 0.15) is 0 Å². The average molecular weight is 219 g/mol. The van der Waals surface area contributed by atoms with Crippen LogP contribution in [-0.4, -0.2) is 29.8 Å². The van der Waals surface area contributed by atoms with Crippen LogP contribution in [0, 0.1) is 0 Å². The van der Waals surface area contributed by atoms with Gasteiger partial charge in [-0.15, -0.1) is 11.8 Å². The second kappa shape index (κ2) is 3.53. The lowest BCUT2D eigenvalue weighted by Gasteiger charge is -2.36. The molecule has 2 aliphatic rings. The van der Waals surface area contributed by atoms with E-state index >= 15 is 0 Å². The van der Waals surface area contributed by atoms with E-state index in [1.165, 1.54) is 37.2 Å². The molecule has 0 amide bonds. The molecule has 1 aromatic carbocycles. The van der Waals surface area contributed by atoms with E-state index in [-0.39, 0.29) is 0 Å². The van der Waals surface area contributed by atoms with Crippen LogP contribution in [-0.2, 0) is 6.42 Å². The highest BCUT2D eigenvalue weighted by atomic mass is 32.2. The first kappa shape index (κ1) is 9.73. The molecule has 80 valence electrons. The molecule has 0 N–H and O–H groups in total. The molecule has 3 rings (SSSR count). The summed E-state index contributed by atoms with van der Waals surface area (Å²) in [5.41, 5.74) is 1.58. The minimum absolute atomic E-state index is 0.538. The molecule has 1 saturated heterocycles. The van der Waals surface area contributed by atoms with Crippen molar-refractivity contribution in [3.8, 4) is 0 Å². The number of fused-ring (bicyclic) bond motifs is 1. The molecule has 0 radical (unpaired) electrons. The predicted molar refractivity (Wildman–Crippen MR) is 65.5 cm³/mol. The van der Waals surface area contributed by atoms with Gasteiger partial charge in [0.15, 0.2) is 0 Å². The smallest absolute Gasteiger partial charge is 0.0272 e. The lowest BCUT2D eigenvalue weighted by molar-refractivity contribution is 0.240. The van der Waals surface area contributed by atoms with Gasteiger partial charge in [0.2, 0.25) is 0 Å². The van der Waals surface area contributed by atoms with E-state index in [1.54, 1.807) is 5.56 Å². The summed E-state index contributed by atoms with van der Waals surface area (Å²) in [7, 11) is 2.24. The number of thioether (sulfide) groups is 1. The molecule has 1 fully saturated rings. The first-order chi connectivity index (χ1) is 7.27. The third-order valence-corrected chi connectivity index (χ3v) is 5.31. The van der Waals surface area contributed by atoms with E-state index in [1.807, 2.05) is 0 Å². The average Bonchev–Trinajstić information content (AvgIpc) is 2.61. The Hall–Kier alpha value is -0.470. The van der Waals surface area contributed by atoms with Gasteiger partial charge >= 0.3 is 0 Å². The van der Waals surface area contributed by atoms with Crippen molar-refractivity contribution in [2.75, 3.05) is 20.1 Å². The molecule has 2 heterocycles. The number of nitrogens with zero attached hydrogens (tertiary/aromatic N) is 1. The van der Waals surface area contributed by atoms with Gasteiger partial charge in [0, 0.05) is 9.64 Å². The van der Waals surface area contributed by atoms with Crippen LogP contribution in [0.15, 0.2) is 29.2 Å². The number of hydrogen-bond donors (Lipinski definition) is 0.